The number of imidazole rings is 1. The second-order valence-corrected chi connectivity index (χ2v) is 8.58. The molecule has 0 spiro atoms. The Morgan fingerprint density at radius 3 is 2.21 bits per heavy atom. The maximum atomic E-state index is 6.22. The van der Waals surface area contributed by atoms with Crippen LogP contribution in [0.1, 0.15) is 26.3 Å². The lowest BCUT2D eigenvalue weighted by molar-refractivity contribution is 0.590. The summed E-state index contributed by atoms with van der Waals surface area (Å²) in [5.74, 6) is 1.26. The van der Waals surface area contributed by atoms with Crippen LogP contribution in [0.25, 0.3) is 22.6 Å². The second kappa shape index (κ2) is 7.21. The molecule has 0 fully saturated rings. The molecule has 0 aliphatic rings. The monoisotopic (exact) mass is 426 g/mol. The van der Waals surface area contributed by atoms with Crippen LogP contribution in [-0.2, 0) is 5.41 Å². The van der Waals surface area contributed by atoms with Crippen molar-refractivity contribution in [2.75, 3.05) is 11.1 Å². The summed E-state index contributed by atoms with van der Waals surface area (Å²) in [6, 6.07) is 13.4. The number of hydrogen-bond donors (Lipinski definition) is 3. The SMILES string of the molecule is CC(C)(C)c1ccc(-c2nc(N)c3[nH]c(Nc4c(Cl)cccc4Cl)nc3n2)cc1. The van der Waals surface area contributed by atoms with Crippen molar-refractivity contribution >= 4 is 51.8 Å². The van der Waals surface area contributed by atoms with Gasteiger partial charge in [0.05, 0.1) is 15.7 Å². The largest absolute Gasteiger partial charge is 0.382 e. The number of benzene rings is 2. The molecule has 148 valence electrons. The lowest BCUT2D eigenvalue weighted by Crippen LogP contribution is -2.10. The van der Waals surface area contributed by atoms with E-state index in [0.29, 0.717) is 44.5 Å². The first kappa shape index (κ1) is 19.5. The molecule has 0 saturated carbocycles. The highest BCUT2D eigenvalue weighted by Crippen LogP contribution is 2.33. The first-order valence-electron chi connectivity index (χ1n) is 9.07. The van der Waals surface area contributed by atoms with Gasteiger partial charge in [0.15, 0.2) is 17.3 Å². The van der Waals surface area contributed by atoms with Crippen LogP contribution in [0.3, 0.4) is 0 Å². The van der Waals surface area contributed by atoms with E-state index in [-0.39, 0.29) is 5.41 Å². The summed E-state index contributed by atoms with van der Waals surface area (Å²) in [6.07, 6.45) is 0. The summed E-state index contributed by atoms with van der Waals surface area (Å²) >= 11 is 12.4. The Morgan fingerprint density at radius 1 is 0.931 bits per heavy atom. The Balaban J connectivity index is 1.71. The Morgan fingerprint density at radius 2 is 1.59 bits per heavy atom. The normalized spacial score (nSPS) is 11.8. The van der Waals surface area contributed by atoms with Gasteiger partial charge in [-0.2, -0.15) is 4.98 Å². The minimum absolute atomic E-state index is 0.0745. The summed E-state index contributed by atoms with van der Waals surface area (Å²) in [6.45, 7) is 6.52. The molecule has 2 aromatic heterocycles. The van der Waals surface area contributed by atoms with E-state index in [4.69, 9.17) is 28.9 Å². The predicted molar refractivity (Wildman–Crippen MR) is 120 cm³/mol. The number of nitrogens with two attached hydrogens (primary N) is 1. The Labute approximate surface area is 178 Å². The number of anilines is 3. The number of para-hydroxylation sites is 1. The van der Waals surface area contributed by atoms with E-state index in [2.05, 4.69) is 58.2 Å². The number of hydrogen-bond acceptors (Lipinski definition) is 5. The number of aromatic amines is 1. The fourth-order valence-corrected chi connectivity index (χ4v) is 3.45. The zero-order valence-corrected chi connectivity index (χ0v) is 17.7. The maximum Gasteiger partial charge on any atom is 0.207 e. The number of rotatable bonds is 3. The molecule has 0 saturated heterocycles. The van der Waals surface area contributed by atoms with Crippen LogP contribution >= 0.6 is 23.2 Å². The van der Waals surface area contributed by atoms with E-state index in [1.807, 2.05) is 12.1 Å². The van der Waals surface area contributed by atoms with Gasteiger partial charge in [-0.3, -0.25) is 0 Å². The van der Waals surface area contributed by atoms with Crippen LogP contribution in [-0.4, -0.2) is 19.9 Å². The van der Waals surface area contributed by atoms with E-state index in [0.717, 1.165) is 5.56 Å². The van der Waals surface area contributed by atoms with E-state index in [9.17, 15) is 0 Å². The van der Waals surface area contributed by atoms with Gasteiger partial charge >= 0.3 is 0 Å². The van der Waals surface area contributed by atoms with Gasteiger partial charge in [0.2, 0.25) is 5.95 Å². The summed E-state index contributed by atoms with van der Waals surface area (Å²) < 4.78 is 0. The molecular weight excluding hydrogens is 407 g/mol. The molecule has 0 aliphatic carbocycles. The summed E-state index contributed by atoms with van der Waals surface area (Å²) in [7, 11) is 0. The Hall–Kier alpha value is -2.83. The molecule has 4 N–H and O–H groups in total. The quantitative estimate of drug-likeness (QED) is 0.376. The molecule has 29 heavy (non-hydrogen) atoms. The molecule has 6 nitrogen and oxygen atoms in total. The lowest BCUT2D eigenvalue weighted by Gasteiger charge is -2.18. The van der Waals surface area contributed by atoms with Gasteiger partial charge in [-0.05, 0) is 23.1 Å². The number of aromatic nitrogens is 4. The standard InChI is InChI=1S/C21H20Cl2N6/c1-21(2,3)12-9-7-11(8-10-12)18-27-17(24)16-19(28-18)29-20(26-16)25-15-13(22)5-4-6-14(15)23/h4-10H,1-3H3,(H4,24,25,26,27,28,29). The molecule has 0 amide bonds. The van der Waals surface area contributed by atoms with Crippen LogP contribution < -0.4 is 11.1 Å². The van der Waals surface area contributed by atoms with Gasteiger partial charge in [0.25, 0.3) is 0 Å². The summed E-state index contributed by atoms with van der Waals surface area (Å²) in [5.41, 5.74) is 9.90. The molecule has 4 rings (SSSR count). The van der Waals surface area contributed by atoms with Gasteiger partial charge in [-0.15, -0.1) is 0 Å². The van der Waals surface area contributed by atoms with Crippen LogP contribution in [0.4, 0.5) is 17.5 Å². The van der Waals surface area contributed by atoms with Gasteiger partial charge < -0.3 is 16.0 Å². The third-order valence-electron chi connectivity index (χ3n) is 4.59. The predicted octanol–water partition coefficient (Wildman–Crippen LogP) is 5.95. The van der Waals surface area contributed by atoms with Crippen molar-refractivity contribution in [3.63, 3.8) is 0 Å². The fraction of sp³-hybridized carbons (Fsp3) is 0.190. The van der Waals surface area contributed by atoms with Crippen molar-refractivity contribution in [1.29, 1.82) is 0 Å². The molecule has 2 heterocycles. The first-order valence-corrected chi connectivity index (χ1v) is 9.83. The number of fused-ring (bicyclic) bond motifs is 1. The molecule has 8 heteroatoms. The first-order chi connectivity index (χ1) is 13.7. The number of halogens is 2. The fourth-order valence-electron chi connectivity index (χ4n) is 2.96. The lowest BCUT2D eigenvalue weighted by atomic mass is 9.87. The number of H-pyrrole nitrogens is 1. The molecule has 0 bridgehead atoms. The average molecular weight is 427 g/mol. The third kappa shape index (κ3) is 3.86. The summed E-state index contributed by atoms with van der Waals surface area (Å²) in [4.78, 5) is 16.6. The molecular formula is C21H20Cl2N6. The molecule has 0 atom stereocenters. The minimum atomic E-state index is 0.0745. The average Bonchev–Trinajstić information content (AvgIpc) is 3.08. The van der Waals surface area contributed by atoms with Gasteiger partial charge in [-0.1, -0.05) is 74.3 Å². The van der Waals surface area contributed by atoms with Crippen molar-refractivity contribution in [1.82, 2.24) is 19.9 Å². The zero-order valence-electron chi connectivity index (χ0n) is 16.2. The third-order valence-corrected chi connectivity index (χ3v) is 5.22. The van der Waals surface area contributed by atoms with E-state index >= 15 is 0 Å². The highest BCUT2D eigenvalue weighted by atomic mass is 35.5. The number of nitrogens with one attached hydrogen (secondary N) is 2. The maximum absolute atomic E-state index is 6.22. The molecule has 0 aliphatic heterocycles. The van der Waals surface area contributed by atoms with Crippen molar-refractivity contribution in [3.05, 3.63) is 58.1 Å². The van der Waals surface area contributed by atoms with Crippen LogP contribution in [0.5, 0.6) is 0 Å². The molecule has 0 radical (unpaired) electrons. The molecule has 4 aromatic rings. The molecule has 0 unspecified atom stereocenters. The van der Waals surface area contributed by atoms with E-state index in [1.54, 1.807) is 18.2 Å². The van der Waals surface area contributed by atoms with Gasteiger partial charge in [-0.25, -0.2) is 9.97 Å². The zero-order chi connectivity index (χ0) is 20.8. The topological polar surface area (TPSA) is 92.5 Å². The van der Waals surface area contributed by atoms with Crippen molar-refractivity contribution < 1.29 is 0 Å². The van der Waals surface area contributed by atoms with Crippen LogP contribution in [0, 0.1) is 0 Å². The van der Waals surface area contributed by atoms with Crippen LogP contribution in [0.15, 0.2) is 42.5 Å². The van der Waals surface area contributed by atoms with Crippen molar-refractivity contribution in [2.24, 2.45) is 0 Å². The smallest absolute Gasteiger partial charge is 0.207 e. The van der Waals surface area contributed by atoms with E-state index < -0.39 is 0 Å². The minimum Gasteiger partial charge on any atom is -0.382 e. The highest BCUT2D eigenvalue weighted by molar-refractivity contribution is 6.39. The van der Waals surface area contributed by atoms with Gasteiger partial charge in [0, 0.05) is 5.56 Å². The Bertz CT molecular complexity index is 1170. The number of nitrogen functional groups attached to an aromatic ring is 1. The second-order valence-electron chi connectivity index (χ2n) is 7.77. The molecule has 2 aromatic carbocycles. The summed E-state index contributed by atoms with van der Waals surface area (Å²) in [5, 5.41) is 4.05. The van der Waals surface area contributed by atoms with Crippen LogP contribution in [0.2, 0.25) is 10.0 Å². The highest BCUT2D eigenvalue weighted by Gasteiger charge is 2.16. The van der Waals surface area contributed by atoms with E-state index in [1.165, 1.54) is 5.56 Å². The number of nitrogens with zero attached hydrogens (tertiary/aromatic N) is 3. The van der Waals surface area contributed by atoms with Crippen molar-refractivity contribution in [3.8, 4) is 11.4 Å². The van der Waals surface area contributed by atoms with Gasteiger partial charge in [0.1, 0.15) is 5.52 Å². The van der Waals surface area contributed by atoms with Crippen molar-refractivity contribution in [2.45, 2.75) is 26.2 Å². The Kier molecular flexibility index (Phi) is 4.84.